The Labute approximate surface area is 128 Å². The minimum Gasteiger partial charge on any atom is -0.310 e. The van der Waals surface area contributed by atoms with Crippen molar-refractivity contribution < 1.29 is 4.39 Å². The highest BCUT2D eigenvalue weighted by Crippen LogP contribution is 2.30. The molecule has 0 aliphatic heterocycles. The molecule has 21 heavy (non-hydrogen) atoms. The van der Waals surface area contributed by atoms with Crippen LogP contribution in [0.3, 0.4) is 0 Å². The lowest BCUT2D eigenvalue weighted by molar-refractivity contribution is 0.247. The molecule has 2 nitrogen and oxygen atoms in total. The Kier molecular flexibility index (Phi) is 6.65. The van der Waals surface area contributed by atoms with Crippen molar-refractivity contribution in [1.29, 1.82) is 0 Å². The summed E-state index contributed by atoms with van der Waals surface area (Å²) >= 11 is 0. The van der Waals surface area contributed by atoms with Crippen molar-refractivity contribution in [3.8, 4) is 0 Å². The normalized spacial score (nSPS) is 16.4. The maximum atomic E-state index is 14.0. The number of benzene rings is 1. The molecule has 1 aromatic rings. The van der Waals surface area contributed by atoms with E-state index in [4.69, 9.17) is 0 Å². The number of nitrogens with one attached hydrogen (secondary N) is 1. The molecule has 1 aliphatic carbocycles. The van der Waals surface area contributed by atoms with E-state index in [1.54, 1.807) is 12.1 Å². The second-order valence-electron chi connectivity index (χ2n) is 6.16. The van der Waals surface area contributed by atoms with Crippen LogP contribution in [0.5, 0.6) is 0 Å². The molecule has 1 fully saturated rings. The molecule has 1 atom stereocenters. The fraction of sp³-hybridized carbons (Fsp3) is 0.667. The van der Waals surface area contributed by atoms with E-state index in [1.165, 1.54) is 25.8 Å². The minimum atomic E-state index is -0.0901. The third-order valence-corrected chi connectivity index (χ3v) is 4.22. The third-order valence-electron chi connectivity index (χ3n) is 4.22. The molecule has 1 saturated carbocycles. The summed E-state index contributed by atoms with van der Waals surface area (Å²) in [5.74, 6) is 0.829. The van der Waals surface area contributed by atoms with Gasteiger partial charge in [0.25, 0.3) is 0 Å². The molecule has 0 spiro atoms. The van der Waals surface area contributed by atoms with Crippen LogP contribution < -0.4 is 5.32 Å². The predicted octanol–water partition coefficient (Wildman–Crippen LogP) is 3.99. The molecule has 118 valence electrons. The van der Waals surface area contributed by atoms with E-state index >= 15 is 0 Å². The number of hydrogen-bond acceptors (Lipinski definition) is 2. The molecule has 0 saturated heterocycles. The van der Waals surface area contributed by atoms with Gasteiger partial charge in [0, 0.05) is 18.2 Å². The molecule has 2 rings (SSSR count). The second kappa shape index (κ2) is 8.50. The summed E-state index contributed by atoms with van der Waals surface area (Å²) in [6.07, 6.45) is 4.95. The molecule has 0 aromatic heterocycles. The average molecular weight is 292 g/mol. The van der Waals surface area contributed by atoms with E-state index in [0.29, 0.717) is 0 Å². The molecule has 0 amide bonds. The van der Waals surface area contributed by atoms with Gasteiger partial charge in [0.15, 0.2) is 0 Å². The number of halogens is 1. The largest absolute Gasteiger partial charge is 0.310 e. The van der Waals surface area contributed by atoms with Crippen LogP contribution in [0.4, 0.5) is 4.39 Å². The van der Waals surface area contributed by atoms with Gasteiger partial charge >= 0.3 is 0 Å². The zero-order valence-electron chi connectivity index (χ0n) is 13.4. The van der Waals surface area contributed by atoms with Gasteiger partial charge in [-0.05, 0) is 57.3 Å². The smallest absolute Gasteiger partial charge is 0.127 e. The molecule has 1 aliphatic rings. The summed E-state index contributed by atoms with van der Waals surface area (Å²) in [5.41, 5.74) is 0.808. The fourth-order valence-electron chi connectivity index (χ4n) is 2.96. The summed E-state index contributed by atoms with van der Waals surface area (Å²) < 4.78 is 14.0. The molecule has 0 heterocycles. The lowest BCUT2D eigenvalue weighted by atomic mass is 10.0. The quantitative estimate of drug-likeness (QED) is 0.701. The second-order valence-corrected chi connectivity index (χ2v) is 6.16. The predicted molar refractivity (Wildman–Crippen MR) is 86.9 cm³/mol. The van der Waals surface area contributed by atoms with Gasteiger partial charge in [0.1, 0.15) is 5.82 Å². The van der Waals surface area contributed by atoms with Crippen molar-refractivity contribution >= 4 is 0 Å². The first-order chi connectivity index (χ1) is 10.2. The SMILES string of the molecule is CCCN(CCC(NCC)c1ccccc1F)CC1CC1. The van der Waals surface area contributed by atoms with Crippen LogP contribution in [-0.4, -0.2) is 31.1 Å². The lowest BCUT2D eigenvalue weighted by Crippen LogP contribution is -2.32. The summed E-state index contributed by atoms with van der Waals surface area (Å²) in [7, 11) is 0. The first-order valence-electron chi connectivity index (χ1n) is 8.44. The molecule has 1 N–H and O–H groups in total. The van der Waals surface area contributed by atoms with E-state index in [9.17, 15) is 4.39 Å². The van der Waals surface area contributed by atoms with Crippen molar-refractivity contribution in [1.82, 2.24) is 10.2 Å². The maximum absolute atomic E-state index is 14.0. The molecule has 1 aromatic carbocycles. The Morgan fingerprint density at radius 1 is 1.24 bits per heavy atom. The molecular weight excluding hydrogens is 263 g/mol. The van der Waals surface area contributed by atoms with E-state index in [1.807, 2.05) is 12.1 Å². The zero-order valence-corrected chi connectivity index (χ0v) is 13.4. The van der Waals surface area contributed by atoms with Gasteiger partial charge in [-0.2, -0.15) is 0 Å². The highest BCUT2D eigenvalue weighted by Gasteiger charge is 2.24. The number of rotatable bonds is 10. The van der Waals surface area contributed by atoms with E-state index in [2.05, 4.69) is 24.1 Å². The Morgan fingerprint density at radius 2 is 2.00 bits per heavy atom. The summed E-state index contributed by atoms with van der Waals surface area (Å²) in [6, 6.07) is 7.28. The fourth-order valence-corrected chi connectivity index (χ4v) is 2.96. The van der Waals surface area contributed by atoms with Crippen LogP contribution >= 0.6 is 0 Å². The summed E-state index contributed by atoms with van der Waals surface area (Å²) in [4.78, 5) is 2.56. The number of nitrogens with zero attached hydrogens (tertiary/aromatic N) is 1. The monoisotopic (exact) mass is 292 g/mol. The summed E-state index contributed by atoms with van der Waals surface area (Å²) in [6.45, 7) is 8.63. The van der Waals surface area contributed by atoms with Crippen molar-refractivity contribution in [2.75, 3.05) is 26.2 Å². The van der Waals surface area contributed by atoms with Gasteiger partial charge < -0.3 is 10.2 Å². The van der Waals surface area contributed by atoms with E-state index in [-0.39, 0.29) is 11.9 Å². The van der Waals surface area contributed by atoms with Gasteiger partial charge in [-0.3, -0.25) is 0 Å². The molecular formula is C18H29FN2. The standard InChI is InChI=1S/C18H29FN2/c1-3-12-21(14-15-9-10-15)13-11-18(20-4-2)16-7-5-6-8-17(16)19/h5-8,15,18,20H,3-4,9-14H2,1-2H3. The van der Waals surface area contributed by atoms with E-state index < -0.39 is 0 Å². The van der Waals surface area contributed by atoms with Gasteiger partial charge in [-0.25, -0.2) is 4.39 Å². The minimum absolute atomic E-state index is 0.0901. The Hall–Kier alpha value is -0.930. The molecule has 0 bridgehead atoms. The van der Waals surface area contributed by atoms with Gasteiger partial charge in [-0.15, -0.1) is 0 Å². The van der Waals surface area contributed by atoms with Crippen LogP contribution in [-0.2, 0) is 0 Å². The zero-order chi connectivity index (χ0) is 15.1. The van der Waals surface area contributed by atoms with E-state index in [0.717, 1.165) is 37.5 Å². The van der Waals surface area contributed by atoms with Gasteiger partial charge in [-0.1, -0.05) is 32.0 Å². The van der Waals surface area contributed by atoms with Crippen LogP contribution in [0, 0.1) is 11.7 Å². The van der Waals surface area contributed by atoms with Crippen molar-refractivity contribution in [3.05, 3.63) is 35.6 Å². The van der Waals surface area contributed by atoms with Gasteiger partial charge in [0.2, 0.25) is 0 Å². The van der Waals surface area contributed by atoms with Crippen LogP contribution in [0.1, 0.15) is 51.1 Å². The molecule has 0 radical (unpaired) electrons. The highest BCUT2D eigenvalue weighted by molar-refractivity contribution is 5.21. The lowest BCUT2D eigenvalue weighted by Gasteiger charge is -2.25. The topological polar surface area (TPSA) is 15.3 Å². The van der Waals surface area contributed by atoms with Gasteiger partial charge in [0.05, 0.1) is 0 Å². The highest BCUT2D eigenvalue weighted by atomic mass is 19.1. The summed E-state index contributed by atoms with van der Waals surface area (Å²) in [5, 5.41) is 3.44. The molecule has 1 unspecified atom stereocenters. The Balaban J connectivity index is 1.93. The third kappa shape index (κ3) is 5.40. The Morgan fingerprint density at radius 3 is 2.62 bits per heavy atom. The van der Waals surface area contributed by atoms with Crippen LogP contribution in [0.15, 0.2) is 24.3 Å². The molecule has 3 heteroatoms. The van der Waals surface area contributed by atoms with Crippen molar-refractivity contribution in [3.63, 3.8) is 0 Å². The van der Waals surface area contributed by atoms with Crippen molar-refractivity contribution in [2.45, 2.75) is 45.6 Å². The first kappa shape index (κ1) is 16.4. The van der Waals surface area contributed by atoms with Crippen LogP contribution in [0.25, 0.3) is 0 Å². The maximum Gasteiger partial charge on any atom is 0.127 e. The Bertz CT molecular complexity index is 417. The average Bonchev–Trinajstić information content (AvgIpc) is 3.28. The van der Waals surface area contributed by atoms with Crippen molar-refractivity contribution in [2.24, 2.45) is 5.92 Å². The first-order valence-corrected chi connectivity index (χ1v) is 8.44. The number of hydrogen-bond donors (Lipinski definition) is 1. The van der Waals surface area contributed by atoms with Crippen LogP contribution in [0.2, 0.25) is 0 Å².